The number of aliphatic hydroxyl groups is 1. The zero-order chi connectivity index (χ0) is 14.3. The van der Waals surface area contributed by atoms with Crippen LogP contribution in [0.5, 0.6) is 0 Å². The van der Waals surface area contributed by atoms with Crippen LogP contribution in [0.2, 0.25) is 0 Å². The van der Waals surface area contributed by atoms with Gasteiger partial charge in [0.25, 0.3) is 0 Å². The van der Waals surface area contributed by atoms with Crippen molar-refractivity contribution in [1.82, 2.24) is 14.7 Å². The Balaban J connectivity index is 2.85. The van der Waals surface area contributed by atoms with Crippen molar-refractivity contribution in [1.29, 1.82) is 0 Å². The summed E-state index contributed by atoms with van der Waals surface area (Å²) < 4.78 is 6.71. The number of ether oxygens (including phenoxy) is 1. The van der Waals surface area contributed by atoms with Crippen molar-refractivity contribution in [2.45, 2.75) is 26.8 Å². The fourth-order valence-electron chi connectivity index (χ4n) is 1.97. The molecule has 0 aliphatic rings. The number of hydrogen-bond donors (Lipinski definition) is 1. The molecule has 19 heavy (non-hydrogen) atoms. The largest absolute Gasteiger partial charge is 0.462 e. The molecule has 6 nitrogen and oxygen atoms in total. The van der Waals surface area contributed by atoms with Crippen molar-refractivity contribution in [2.24, 2.45) is 7.05 Å². The summed E-state index contributed by atoms with van der Waals surface area (Å²) >= 11 is 0. The molecule has 0 aliphatic carbocycles. The van der Waals surface area contributed by atoms with Crippen molar-refractivity contribution >= 4 is 5.97 Å². The molecule has 0 saturated carbocycles. The second kappa shape index (κ2) is 7.91. The third-order valence-corrected chi connectivity index (χ3v) is 2.89. The molecule has 108 valence electrons. The lowest BCUT2D eigenvalue weighted by Gasteiger charge is -2.21. The smallest absolute Gasteiger partial charge is 0.341 e. The van der Waals surface area contributed by atoms with Crippen LogP contribution in [0.15, 0.2) is 6.20 Å². The quantitative estimate of drug-likeness (QED) is 0.707. The average Bonchev–Trinajstić information content (AvgIpc) is 2.72. The predicted molar refractivity (Wildman–Crippen MR) is 71.8 cm³/mol. The number of aliphatic hydroxyl groups excluding tert-OH is 1. The van der Waals surface area contributed by atoms with Crippen LogP contribution in [0.1, 0.15) is 36.3 Å². The van der Waals surface area contributed by atoms with E-state index in [0.717, 1.165) is 18.7 Å². The lowest BCUT2D eigenvalue weighted by Crippen LogP contribution is -2.29. The normalized spacial score (nSPS) is 11.0. The Morgan fingerprint density at radius 3 is 2.79 bits per heavy atom. The van der Waals surface area contributed by atoms with Gasteiger partial charge >= 0.3 is 5.97 Å². The highest BCUT2D eigenvalue weighted by Gasteiger charge is 2.19. The van der Waals surface area contributed by atoms with Gasteiger partial charge in [-0.3, -0.25) is 9.58 Å². The summed E-state index contributed by atoms with van der Waals surface area (Å²) in [5, 5.41) is 13.2. The molecule has 0 bridgehead atoms. The van der Waals surface area contributed by atoms with E-state index >= 15 is 0 Å². The zero-order valence-corrected chi connectivity index (χ0v) is 11.9. The number of aryl methyl sites for hydroxylation is 1. The average molecular weight is 269 g/mol. The molecule has 1 aromatic heterocycles. The summed E-state index contributed by atoms with van der Waals surface area (Å²) in [6.45, 7) is 6.35. The lowest BCUT2D eigenvalue weighted by atomic mass is 10.2. The minimum absolute atomic E-state index is 0.104. The summed E-state index contributed by atoms with van der Waals surface area (Å²) in [4.78, 5) is 13.9. The SMILES string of the molecule is CCCN(CCO)Cc1c(C(=O)OCC)cnn1C. The molecule has 0 radical (unpaired) electrons. The molecule has 0 unspecified atom stereocenters. The maximum atomic E-state index is 11.8. The summed E-state index contributed by atoms with van der Waals surface area (Å²) in [5.74, 6) is -0.342. The topological polar surface area (TPSA) is 67.6 Å². The molecule has 1 aromatic rings. The van der Waals surface area contributed by atoms with Crippen molar-refractivity contribution in [3.63, 3.8) is 0 Å². The van der Waals surface area contributed by atoms with Gasteiger partial charge in [0.15, 0.2) is 0 Å². The monoisotopic (exact) mass is 269 g/mol. The van der Waals surface area contributed by atoms with Crippen LogP contribution >= 0.6 is 0 Å². The van der Waals surface area contributed by atoms with E-state index in [2.05, 4.69) is 16.9 Å². The number of rotatable bonds is 8. The van der Waals surface area contributed by atoms with Gasteiger partial charge in [-0.2, -0.15) is 5.10 Å². The van der Waals surface area contributed by atoms with Gasteiger partial charge in [0.05, 0.1) is 25.1 Å². The van der Waals surface area contributed by atoms with Crippen LogP contribution < -0.4 is 0 Å². The van der Waals surface area contributed by atoms with Crippen LogP contribution in [0.25, 0.3) is 0 Å². The van der Waals surface area contributed by atoms with E-state index in [0.29, 0.717) is 25.3 Å². The molecule has 0 amide bonds. The van der Waals surface area contributed by atoms with Gasteiger partial charge < -0.3 is 9.84 Å². The third-order valence-electron chi connectivity index (χ3n) is 2.89. The van der Waals surface area contributed by atoms with Crippen LogP contribution in [0.4, 0.5) is 0 Å². The van der Waals surface area contributed by atoms with Crippen LogP contribution in [0.3, 0.4) is 0 Å². The molecule has 0 saturated heterocycles. The van der Waals surface area contributed by atoms with Crippen molar-refractivity contribution in [3.05, 3.63) is 17.5 Å². The van der Waals surface area contributed by atoms with Crippen LogP contribution in [0, 0.1) is 0 Å². The van der Waals surface area contributed by atoms with Crippen LogP contribution in [-0.2, 0) is 18.3 Å². The number of hydrogen-bond acceptors (Lipinski definition) is 5. The minimum Gasteiger partial charge on any atom is -0.462 e. The molecule has 0 spiro atoms. The second-order valence-corrected chi connectivity index (χ2v) is 4.35. The number of nitrogens with zero attached hydrogens (tertiary/aromatic N) is 3. The number of carbonyl (C=O) groups is 1. The Labute approximate surface area is 114 Å². The highest BCUT2D eigenvalue weighted by Crippen LogP contribution is 2.12. The molecule has 0 fully saturated rings. The molecule has 6 heteroatoms. The Morgan fingerprint density at radius 2 is 2.21 bits per heavy atom. The molecule has 1 N–H and O–H groups in total. The first-order valence-corrected chi connectivity index (χ1v) is 6.65. The van der Waals surface area contributed by atoms with Gasteiger partial charge in [-0.05, 0) is 19.9 Å². The highest BCUT2D eigenvalue weighted by atomic mass is 16.5. The fourth-order valence-corrected chi connectivity index (χ4v) is 1.97. The Bertz CT molecular complexity index is 398. The predicted octanol–water partition coefficient (Wildman–Crippen LogP) is 0.801. The zero-order valence-electron chi connectivity index (χ0n) is 11.9. The Hall–Kier alpha value is -1.40. The first-order valence-electron chi connectivity index (χ1n) is 6.65. The van der Waals surface area contributed by atoms with E-state index in [9.17, 15) is 4.79 Å². The van der Waals surface area contributed by atoms with E-state index < -0.39 is 0 Å². The van der Waals surface area contributed by atoms with E-state index in [-0.39, 0.29) is 12.6 Å². The molecular weight excluding hydrogens is 246 g/mol. The first-order chi connectivity index (χ1) is 9.13. The minimum atomic E-state index is -0.342. The molecule has 0 aliphatic heterocycles. The fraction of sp³-hybridized carbons (Fsp3) is 0.692. The maximum Gasteiger partial charge on any atom is 0.341 e. The van der Waals surface area contributed by atoms with Crippen LogP contribution in [-0.4, -0.2) is 52.1 Å². The Kier molecular flexibility index (Phi) is 6.52. The van der Waals surface area contributed by atoms with Crippen molar-refractivity contribution in [2.75, 3.05) is 26.3 Å². The highest BCUT2D eigenvalue weighted by molar-refractivity contribution is 5.90. The standard InChI is InChI=1S/C13H23N3O3/c1-4-6-16(7-8-17)10-12-11(9-14-15(12)3)13(18)19-5-2/h9,17H,4-8,10H2,1-3H3. The van der Waals surface area contributed by atoms with Gasteiger partial charge in [-0.1, -0.05) is 6.92 Å². The third kappa shape index (κ3) is 4.33. The summed E-state index contributed by atoms with van der Waals surface area (Å²) in [5.41, 5.74) is 1.32. The second-order valence-electron chi connectivity index (χ2n) is 4.35. The number of aromatic nitrogens is 2. The summed E-state index contributed by atoms with van der Waals surface area (Å²) in [7, 11) is 1.81. The Morgan fingerprint density at radius 1 is 1.47 bits per heavy atom. The lowest BCUT2D eigenvalue weighted by molar-refractivity contribution is 0.0523. The molecular formula is C13H23N3O3. The molecule has 1 rings (SSSR count). The van der Waals surface area contributed by atoms with E-state index in [1.165, 1.54) is 6.20 Å². The van der Waals surface area contributed by atoms with Gasteiger partial charge in [0.1, 0.15) is 5.56 Å². The van der Waals surface area contributed by atoms with Gasteiger partial charge in [0.2, 0.25) is 0 Å². The summed E-state index contributed by atoms with van der Waals surface area (Å²) in [6, 6.07) is 0. The summed E-state index contributed by atoms with van der Waals surface area (Å²) in [6.07, 6.45) is 2.53. The van der Waals surface area contributed by atoms with E-state index in [1.807, 2.05) is 0 Å². The van der Waals surface area contributed by atoms with Crippen molar-refractivity contribution < 1.29 is 14.6 Å². The molecule has 0 aromatic carbocycles. The van der Waals surface area contributed by atoms with Gasteiger partial charge in [-0.15, -0.1) is 0 Å². The maximum absolute atomic E-state index is 11.8. The van der Waals surface area contributed by atoms with E-state index in [1.54, 1.807) is 18.7 Å². The van der Waals surface area contributed by atoms with Gasteiger partial charge in [0, 0.05) is 20.1 Å². The first kappa shape index (κ1) is 15.7. The number of carbonyl (C=O) groups excluding carboxylic acids is 1. The molecule has 1 heterocycles. The van der Waals surface area contributed by atoms with E-state index in [4.69, 9.17) is 9.84 Å². The number of esters is 1. The van der Waals surface area contributed by atoms with Crippen molar-refractivity contribution in [3.8, 4) is 0 Å². The molecule has 0 atom stereocenters. The van der Waals surface area contributed by atoms with Gasteiger partial charge in [-0.25, -0.2) is 4.79 Å².